The Morgan fingerprint density at radius 3 is 2.95 bits per heavy atom. The molecule has 2 aromatic rings. The number of amides is 1. The van der Waals surface area contributed by atoms with Crippen molar-refractivity contribution in [3.63, 3.8) is 0 Å². The van der Waals surface area contributed by atoms with E-state index in [4.69, 9.17) is 5.73 Å². The molecule has 6 heteroatoms. The zero-order valence-electron chi connectivity index (χ0n) is 12.7. The lowest BCUT2D eigenvalue weighted by atomic mass is 10.0. The second kappa shape index (κ2) is 6.38. The molecule has 3 rings (SSSR count). The zero-order chi connectivity index (χ0) is 15.7. The quantitative estimate of drug-likeness (QED) is 0.913. The Kier molecular flexibility index (Phi) is 4.49. The number of aryl methyl sites for hydroxylation is 1. The zero-order valence-corrected chi connectivity index (χ0v) is 14.3. The molecule has 0 fully saturated rings. The summed E-state index contributed by atoms with van der Waals surface area (Å²) in [5.74, 6) is 0.975. The highest BCUT2D eigenvalue weighted by molar-refractivity contribution is 8.15. The van der Waals surface area contributed by atoms with Crippen LogP contribution in [0.1, 0.15) is 30.8 Å². The summed E-state index contributed by atoms with van der Waals surface area (Å²) in [7, 11) is 0. The monoisotopic (exact) mass is 333 g/mol. The maximum atomic E-state index is 11.2. The normalized spacial score (nSPS) is 18.1. The van der Waals surface area contributed by atoms with Crippen molar-refractivity contribution in [2.45, 2.75) is 32.7 Å². The third kappa shape index (κ3) is 3.33. The lowest BCUT2D eigenvalue weighted by molar-refractivity contribution is -0.118. The van der Waals surface area contributed by atoms with Gasteiger partial charge >= 0.3 is 0 Å². The van der Waals surface area contributed by atoms with Crippen LogP contribution in [-0.4, -0.2) is 27.7 Å². The van der Waals surface area contributed by atoms with Gasteiger partial charge in [0.25, 0.3) is 0 Å². The van der Waals surface area contributed by atoms with Crippen molar-refractivity contribution in [2.24, 2.45) is 16.6 Å². The number of aliphatic imine (C=N–C) groups is 1. The fourth-order valence-electron chi connectivity index (χ4n) is 2.31. The first kappa shape index (κ1) is 15.5. The fourth-order valence-corrected chi connectivity index (χ4v) is 4.46. The Morgan fingerprint density at radius 1 is 1.45 bits per heavy atom. The number of hydrogen-bond donors (Lipinski definition) is 1. The molecule has 0 bridgehead atoms. The van der Waals surface area contributed by atoms with Gasteiger partial charge in [-0.15, -0.1) is 23.1 Å². The molecule has 2 N–H and O–H groups in total. The summed E-state index contributed by atoms with van der Waals surface area (Å²) in [5.41, 5.74) is 7.67. The van der Waals surface area contributed by atoms with Crippen LogP contribution in [0.15, 0.2) is 23.2 Å². The molecule has 0 saturated heterocycles. The number of fused-ring (bicyclic) bond motifs is 1. The van der Waals surface area contributed by atoms with Gasteiger partial charge in [-0.05, 0) is 36.5 Å². The lowest BCUT2D eigenvalue weighted by Gasteiger charge is -2.04. The van der Waals surface area contributed by atoms with Crippen LogP contribution in [0.3, 0.4) is 0 Å². The standard InChI is InChI=1S/C16H19N3OS2/c1-9(2)3-4-10-5-6-11-13(7-10)22-16(18-11)15-19-12(8-21-15)14(17)20/h5-7,9,12H,3-4,8H2,1-2H3,(H2,17,20)/t12-/m1/s1. The summed E-state index contributed by atoms with van der Waals surface area (Å²) >= 11 is 3.20. The highest BCUT2D eigenvalue weighted by Gasteiger charge is 2.25. The first-order valence-electron chi connectivity index (χ1n) is 7.42. The molecule has 4 nitrogen and oxygen atoms in total. The van der Waals surface area contributed by atoms with Gasteiger partial charge in [0.1, 0.15) is 16.1 Å². The predicted molar refractivity (Wildman–Crippen MR) is 94.8 cm³/mol. The van der Waals surface area contributed by atoms with Crippen molar-refractivity contribution in [1.29, 1.82) is 0 Å². The van der Waals surface area contributed by atoms with Crippen LogP contribution in [0.25, 0.3) is 10.2 Å². The van der Waals surface area contributed by atoms with Crippen LogP contribution in [-0.2, 0) is 11.2 Å². The van der Waals surface area contributed by atoms with Gasteiger partial charge in [-0.2, -0.15) is 0 Å². The molecule has 1 aliphatic heterocycles. The molecule has 2 heterocycles. The lowest BCUT2D eigenvalue weighted by Crippen LogP contribution is -2.26. The summed E-state index contributed by atoms with van der Waals surface area (Å²) in [6.45, 7) is 4.49. The Labute approximate surface area is 138 Å². The van der Waals surface area contributed by atoms with Crippen molar-refractivity contribution in [3.05, 3.63) is 28.8 Å². The molecule has 1 amide bonds. The number of carbonyl (C=O) groups is 1. The van der Waals surface area contributed by atoms with E-state index in [1.54, 1.807) is 23.1 Å². The molecular weight excluding hydrogens is 314 g/mol. The fraction of sp³-hybridized carbons (Fsp3) is 0.438. The minimum atomic E-state index is -0.409. The molecule has 0 saturated carbocycles. The number of thioether (sulfide) groups is 1. The van der Waals surface area contributed by atoms with Crippen molar-refractivity contribution in [1.82, 2.24) is 4.98 Å². The van der Waals surface area contributed by atoms with Crippen LogP contribution >= 0.6 is 23.1 Å². The van der Waals surface area contributed by atoms with Crippen LogP contribution in [0.5, 0.6) is 0 Å². The summed E-state index contributed by atoms with van der Waals surface area (Å²) in [6.07, 6.45) is 2.29. The van der Waals surface area contributed by atoms with E-state index >= 15 is 0 Å². The number of benzene rings is 1. The van der Waals surface area contributed by atoms with E-state index in [9.17, 15) is 4.79 Å². The van der Waals surface area contributed by atoms with E-state index in [1.807, 2.05) is 0 Å². The topological polar surface area (TPSA) is 68.3 Å². The predicted octanol–water partition coefficient (Wildman–Crippen LogP) is 3.23. The van der Waals surface area contributed by atoms with E-state index in [0.29, 0.717) is 11.7 Å². The molecule has 1 aromatic heterocycles. The molecule has 0 aliphatic carbocycles. The van der Waals surface area contributed by atoms with E-state index in [2.05, 4.69) is 42.0 Å². The molecule has 0 radical (unpaired) electrons. The Bertz CT molecular complexity index is 736. The second-order valence-electron chi connectivity index (χ2n) is 5.92. The molecule has 1 aliphatic rings. The number of nitrogens with zero attached hydrogens (tertiary/aromatic N) is 2. The van der Waals surface area contributed by atoms with Crippen molar-refractivity contribution in [3.8, 4) is 0 Å². The van der Waals surface area contributed by atoms with Gasteiger partial charge in [0.2, 0.25) is 5.91 Å². The largest absolute Gasteiger partial charge is 0.368 e. The number of aromatic nitrogens is 1. The van der Waals surface area contributed by atoms with Crippen molar-refractivity contribution in [2.75, 3.05) is 5.75 Å². The Morgan fingerprint density at radius 2 is 2.27 bits per heavy atom. The first-order chi connectivity index (χ1) is 10.5. The number of nitrogens with two attached hydrogens (primary N) is 1. The number of thiazole rings is 1. The van der Waals surface area contributed by atoms with Gasteiger partial charge in [-0.1, -0.05) is 19.9 Å². The molecule has 116 valence electrons. The van der Waals surface area contributed by atoms with Gasteiger partial charge in [0, 0.05) is 5.75 Å². The summed E-state index contributed by atoms with van der Waals surface area (Å²) in [5, 5.41) is 1.73. The highest BCUT2D eigenvalue weighted by Crippen LogP contribution is 2.30. The molecule has 0 unspecified atom stereocenters. The number of carbonyl (C=O) groups excluding carboxylic acids is 1. The van der Waals surface area contributed by atoms with Gasteiger partial charge in [-0.3, -0.25) is 9.79 Å². The van der Waals surface area contributed by atoms with Gasteiger partial charge < -0.3 is 5.73 Å². The summed E-state index contributed by atoms with van der Waals surface area (Å²) < 4.78 is 1.18. The summed E-state index contributed by atoms with van der Waals surface area (Å²) in [6, 6.07) is 6.05. The van der Waals surface area contributed by atoms with Gasteiger partial charge in [0.15, 0.2) is 0 Å². The minimum absolute atomic E-state index is 0.361. The SMILES string of the molecule is CC(C)CCc1ccc2nc(C3=N[C@@H](C(N)=O)CS3)sc2c1. The third-order valence-electron chi connectivity index (χ3n) is 3.63. The Balaban J connectivity index is 1.84. The molecule has 0 spiro atoms. The smallest absolute Gasteiger partial charge is 0.243 e. The van der Waals surface area contributed by atoms with E-state index in [0.717, 1.165) is 22.0 Å². The molecule has 1 atom stereocenters. The second-order valence-corrected chi connectivity index (χ2v) is 7.96. The van der Waals surface area contributed by atoms with Gasteiger partial charge in [-0.25, -0.2) is 4.98 Å². The summed E-state index contributed by atoms with van der Waals surface area (Å²) in [4.78, 5) is 20.2. The van der Waals surface area contributed by atoms with Crippen molar-refractivity contribution >= 4 is 44.3 Å². The van der Waals surface area contributed by atoms with Crippen LogP contribution in [0.2, 0.25) is 0 Å². The highest BCUT2D eigenvalue weighted by atomic mass is 32.2. The van der Waals surface area contributed by atoms with Crippen LogP contribution < -0.4 is 5.73 Å². The molecule has 22 heavy (non-hydrogen) atoms. The average molecular weight is 333 g/mol. The number of hydrogen-bond acceptors (Lipinski definition) is 5. The van der Waals surface area contributed by atoms with Crippen molar-refractivity contribution < 1.29 is 4.79 Å². The van der Waals surface area contributed by atoms with E-state index < -0.39 is 6.04 Å². The van der Waals surface area contributed by atoms with E-state index in [-0.39, 0.29) is 5.91 Å². The van der Waals surface area contributed by atoms with Crippen LogP contribution in [0.4, 0.5) is 0 Å². The maximum Gasteiger partial charge on any atom is 0.243 e. The molecule has 1 aromatic carbocycles. The average Bonchev–Trinajstić information content (AvgIpc) is 3.10. The van der Waals surface area contributed by atoms with E-state index in [1.165, 1.54) is 16.7 Å². The number of primary amides is 1. The van der Waals surface area contributed by atoms with Crippen LogP contribution in [0, 0.1) is 5.92 Å². The maximum absolute atomic E-state index is 11.2. The Hall–Kier alpha value is -1.40. The third-order valence-corrected chi connectivity index (χ3v) is 5.83. The minimum Gasteiger partial charge on any atom is -0.368 e. The number of rotatable bonds is 5. The van der Waals surface area contributed by atoms with Gasteiger partial charge in [0.05, 0.1) is 10.2 Å². The molecular formula is C16H19N3OS2. The first-order valence-corrected chi connectivity index (χ1v) is 9.23.